The molecule has 0 aliphatic carbocycles. The van der Waals surface area contributed by atoms with E-state index in [1.54, 1.807) is 22.3 Å². The first-order valence-corrected chi connectivity index (χ1v) is 7.21. The first-order chi connectivity index (χ1) is 10.1. The molecule has 0 spiro atoms. The fraction of sp³-hybridized carbons (Fsp3) is 0.231. The van der Waals surface area contributed by atoms with Crippen LogP contribution in [0.4, 0.5) is 5.13 Å². The van der Waals surface area contributed by atoms with E-state index in [1.165, 1.54) is 11.3 Å². The molecule has 0 aliphatic heterocycles. The van der Waals surface area contributed by atoms with E-state index in [1.807, 2.05) is 20.9 Å². The summed E-state index contributed by atoms with van der Waals surface area (Å²) < 4.78 is 1.80. The standard InChI is InChI=1S/C13H14N6OS/c1-7-11(8(2)19(3)18-7)9-6-10(17-16-9)12(20)15-13-14-4-5-21-13/h4-6H,1-3H3,(H,16,17)(H,14,15,20). The van der Waals surface area contributed by atoms with Crippen LogP contribution in [-0.4, -0.2) is 30.9 Å². The molecule has 7 nitrogen and oxygen atoms in total. The van der Waals surface area contributed by atoms with Crippen molar-refractivity contribution in [3.63, 3.8) is 0 Å². The lowest BCUT2D eigenvalue weighted by Gasteiger charge is -1.97. The van der Waals surface area contributed by atoms with Crippen LogP contribution in [-0.2, 0) is 7.05 Å². The van der Waals surface area contributed by atoms with Gasteiger partial charge in [-0.2, -0.15) is 10.2 Å². The molecule has 21 heavy (non-hydrogen) atoms. The monoisotopic (exact) mass is 302 g/mol. The van der Waals surface area contributed by atoms with Crippen LogP contribution >= 0.6 is 11.3 Å². The van der Waals surface area contributed by atoms with Crippen molar-refractivity contribution in [2.75, 3.05) is 5.32 Å². The van der Waals surface area contributed by atoms with Gasteiger partial charge in [-0.1, -0.05) is 0 Å². The number of hydrogen-bond donors (Lipinski definition) is 2. The molecular formula is C13H14N6OS. The lowest BCUT2D eigenvalue weighted by molar-refractivity contribution is 0.102. The van der Waals surface area contributed by atoms with Gasteiger partial charge in [0.25, 0.3) is 5.91 Å². The van der Waals surface area contributed by atoms with E-state index >= 15 is 0 Å². The summed E-state index contributed by atoms with van der Waals surface area (Å²) in [7, 11) is 1.88. The van der Waals surface area contributed by atoms with Crippen molar-refractivity contribution in [1.82, 2.24) is 25.0 Å². The van der Waals surface area contributed by atoms with E-state index in [2.05, 4.69) is 25.6 Å². The Bertz CT molecular complexity index is 786. The third-order valence-electron chi connectivity index (χ3n) is 3.24. The highest BCUT2D eigenvalue weighted by atomic mass is 32.1. The number of nitrogens with one attached hydrogen (secondary N) is 2. The van der Waals surface area contributed by atoms with Gasteiger partial charge in [-0.3, -0.25) is 19.9 Å². The molecule has 0 aromatic carbocycles. The number of rotatable bonds is 3. The number of aromatic nitrogens is 5. The van der Waals surface area contributed by atoms with Crippen LogP contribution in [0, 0.1) is 13.8 Å². The highest BCUT2D eigenvalue weighted by Gasteiger charge is 2.17. The van der Waals surface area contributed by atoms with Crippen molar-refractivity contribution in [3.05, 3.63) is 34.7 Å². The topological polar surface area (TPSA) is 88.5 Å². The van der Waals surface area contributed by atoms with Crippen molar-refractivity contribution in [2.45, 2.75) is 13.8 Å². The Hall–Kier alpha value is -2.48. The average molecular weight is 302 g/mol. The van der Waals surface area contributed by atoms with Gasteiger partial charge < -0.3 is 0 Å². The van der Waals surface area contributed by atoms with Gasteiger partial charge in [0.05, 0.1) is 11.4 Å². The number of thiazole rings is 1. The Morgan fingerprint density at radius 1 is 1.43 bits per heavy atom. The van der Waals surface area contributed by atoms with Crippen LogP contribution in [0.5, 0.6) is 0 Å². The second kappa shape index (κ2) is 5.13. The zero-order valence-electron chi connectivity index (χ0n) is 11.8. The SMILES string of the molecule is Cc1nn(C)c(C)c1-c1cc(C(=O)Nc2nccs2)[nH]n1. The van der Waals surface area contributed by atoms with Gasteiger partial charge in [-0.15, -0.1) is 11.3 Å². The fourth-order valence-corrected chi connectivity index (χ4v) is 2.68. The first-order valence-electron chi connectivity index (χ1n) is 6.33. The van der Waals surface area contributed by atoms with Crippen LogP contribution in [0.3, 0.4) is 0 Å². The number of carbonyl (C=O) groups is 1. The number of nitrogens with zero attached hydrogens (tertiary/aromatic N) is 4. The molecular weight excluding hydrogens is 288 g/mol. The summed E-state index contributed by atoms with van der Waals surface area (Å²) >= 11 is 1.37. The lowest BCUT2D eigenvalue weighted by Crippen LogP contribution is -2.11. The Balaban J connectivity index is 1.88. The van der Waals surface area contributed by atoms with E-state index in [4.69, 9.17) is 0 Å². The van der Waals surface area contributed by atoms with E-state index in [9.17, 15) is 4.79 Å². The normalized spacial score (nSPS) is 10.8. The van der Waals surface area contributed by atoms with Crippen molar-refractivity contribution >= 4 is 22.4 Å². The molecule has 0 saturated carbocycles. The first kappa shape index (κ1) is 13.5. The Morgan fingerprint density at radius 2 is 2.24 bits per heavy atom. The summed E-state index contributed by atoms with van der Waals surface area (Å²) in [6, 6.07) is 1.72. The van der Waals surface area contributed by atoms with Crippen molar-refractivity contribution in [3.8, 4) is 11.3 Å². The zero-order chi connectivity index (χ0) is 15.0. The minimum absolute atomic E-state index is 0.261. The molecule has 0 fully saturated rings. The second-order valence-corrected chi connectivity index (χ2v) is 5.52. The van der Waals surface area contributed by atoms with Crippen molar-refractivity contribution in [2.24, 2.45) is 7.05 Å². The molecule has 0 radical (unpaired) electrons. The number of amides is 1. The molecule has 3 rings (SSSR count). The van der Waals surface area contributed by atoms with Crippen molar-refractivity contribution in [1.29, 1.82) is 0 Å². The predicted octanol–water partition coefficient (Wildman–Crippen LogP) is 2.14. The maximum absolute atomic E-state index is 12.1. The molecule has 3 aromatic rings. The molecule has 0 saturated heterocycles. The Morgan fingerprint density at radius 3 is 2.86 bits per heavy atom. The van der Waals surface area contributed by atoms with Gasteiger partial charge in [-0.25, -0.2) is 4.98 Å². The molecule has 0 atom stereocenters. The van der Waals surface area contributed by atoms with Crippen LogP contribution in [0.2, 0.25) is 0 Å². The number of anilines is 1. The minimum Gasteiger partial charge on any atom is -0.297 e. The molecule has 2 N–H and O–H groups in total. The molecule has 108 valence electrons. The smallest absolute Gasteiger partial charge is 0.275 e. The van der Waals surface area contributed by atoms with Gasteiger partial charge in [0.15, 0.2) is 5.13 Å². The molecule has 3 aromatic heterocycles. The number of hydrogen-bond acceptors (Lipinski definition) is 5. The van der Waals surface area contributed by atoms with Gasteiger partial charge in [0.1, 0.15) is 5.69 Å². The summed E-state index contributed by atoms with van der Waals surface area (Å²) in [4.78, 5) is 16.1. The Kier molecular flexibility index (Phi) is 3.30. The third kappa shape index (κ3) is 2.45. The fourth-order valence-electron chi connectivity index (χ4n) is 2.16. The summed E-state index contributed by atoms with van der Waals surface area (Å²) in [5.41, 5.74) is 3.94. The van der Waals surface area contributed by atoms with Gasteiger partial charge in [0, 0.05) is 29.9 Å². The van der Waals surface area contributed by atoms with Crippen LogP contribution in [0.15, 0.2) is 17.6 Å². The minimum atomic E-state index is -0.261. The highest BCUT2D eigenvalue weighted by Crippen LogP contribution is 2.25. The third-order valence-corrected chi connectivity index (χ3v) is 3.93. The number of aromatic amines is 1. The zero-order valence-corrected chi connectivity index (χ0v) is 12.7. The number of H-pyrrole nitrogens is 1. The molecule has 0 bridgehead atoms. The largest absolute Gasteiger partial charge is 0.297 e. The summed E-state index contributed by atoms with van der Waals surface area (Å²) in [5, 5.41) is 16.4. The molecule has 3 heterocycles. The van der Waals surface area contributed by atoms with Gasteiger partial charge >= 0.3 is 0 Å². The number of aryl methyl sites for hydroxylation is 2. The summed E-state index contributed by atoms with van der Waals surface area (Å²) in [5.74, 6) is -0.261. The van der Waals surface area contributed by atoms with Crippen molar-refractivity contribution < 1.29 is 4.79 Å². The average Bonchev–Trinajstić information content (AvgIpc) is 3.13. The van der Waals surface area contributed by atoms with E-state index in [0.717, 1.165) is 17.0 Å². The molecule has 1 amide bonds. The quantitative estimate of drug-likeness (QED) is 0.775. The molecule has 0 unspecified atom stereocenters. The summed E-state index contributed by atoms with van der Waals surface area (Å²) in [6.45, 7) is 3.89. The molecule has 8 heteroatoms. The Labute approximate surface area is 125 Å². The van der Waals surface area contributed by atoms with Crippen LogP contribution < -0.4 is 5.32 Å². The van der Waals surface area contributed by atoms with E-state index in [0.29, 0.717) is 16.5 Å². The van der Waals surface area contributed by atoms with Crippen LogP contribution in [0.25, 0.3) is 11.3 Å². The van der Waals surface area contributed by atoms with Gasteiger partial charge in [0.2, 0.25) is 0 Å². The predicted molar refractivity (Wildman–Crippen MR) is 80.3 cm³/mol. The molecule has 0 aliphatic rings. The summed E-state index contributed by atoms with van der Waals surface area (Å²) in [6.07, 6.45) is 1.64. The number of carbonyl (C=O) groups excluding carboxylic acids is 1. The highest BCUT2D eigenvalue weighted by molar-refractivity contribution is 7.13. The van der Waals surface area contributed by atoms with E-state index < -0.39 is 0 Å². The van der Waals surface area contributed by atoms with E-state index in [-0.39, 0.29) is 5.91 Å². The maximum atomic E-state index is 12.1. The maximum Gasteiger partial charge on any atom is 0.275 e. The second-order valence-electron chi connectivity index (χ2n) is 4.63. The lowest BCUT2D eigenvalue weighted by atomic mass is 10.1. The van der Waals surface area contributed by atoms with Gasteiger partial charge in [-0.05, 0) is 19.9 Å². The van der Waals surface area contributed by atoms with Crippen LogP contribution in [0.1, 0.15) is 21.9 Å².